The third-order valence-corrected chi connectivity index (χ3v) is 2.69. The molecule has 0 spiro atoms. The maximum absolute atomic E-state index is 12.0. The van der Waals surface area contributed by atoms with Crippen molar-refractivity contribution in [2.75, 3.05) is 11.1 Å². The first kappa shape index (κ1) is 12.1. The van der Waals surface area contributed by atoms with Crippen LogP contribution in [0.3, 0.4) is 0 Å². The number of aromatic nitrogens is 3. The number of pyridine rings is 1. The predicted octanol–water partition coefficient (Wildman–Crippen LogP) is 1.51. The number of H-pyrrole nitrogens is 1. The van der Waals surface area contributed by atoms with Gasteiger partial charge < -0.3 is 11.1 Å². The number of nitrogens with zero attached hydrogens (tertiary/aromatic N) is 2. The molecule has 0 bridgehead atoms. The molecule has 94 valence electrons. The number of nitrogens with one attached hydrogen (secondary N) is 2. The third-order valence-electron chi connectivity index (χ3n) is 2.69. The lowest BCUT2D eigenvalue weighted by atomic mass is 10.2. The van der Waals surface area contributed by atoms with Gasteiger partial charge in [-0.15, -0.1) is 0 Å². The Hall–Kier alpha value is -2.37. The van der Waals surface area contributed by atoms with E-state index in [0.29, 0.717) is 17.9 Å². The van der Waals surface area contributed by atoms with Gasteiger partial charge in [0.1, 0.15) is 5.82 Å². The Kier molecular flexibility index (Phi) is 3.27. The number of carbonyl (C=O) groups excluding carboxylic acids is 1. The van der Waals surface area contributed by atoms with Gasteiger partial charge in [0.15, 0.2) is 5.69 Å². The van der Waals surface area contributed by atoms with E-state index in [2.05, 4.69) is 20.5 Å². The summed E-state index contributed by atoms with van der Waals surface area (Å²) in [6, 6.07) is 3.68. The van der Waals surface area contributed by atoms with Crippen LogP contribution in [0.5, 0.6) is 0 Å². The van der Waals surface area contributed by atoms with Gasteiger partial charge in [-0.1, -0.05) is 13.0 Å². The molecule has 6 nitrogen and oxygen atoms in total. The van der Waals surface area contributed by atoms with Crippen molar-refractivity contribution < 1.29 is 4.79 Å². The van der Waals surface area contributed by atoms with E-state index in [1.165, 1.54) is 0 Å². The van der Waals surface area contributed by atoms with E-state index in [1.807, 2.05) is 26.0 Å². The Labute approximate surface area is 105 Å². The monoisotopic (exact) mass is 245 g/mol. The largest absolute Gasteiger partial charge is 0.395 e. The first-order valence-electron chi connectivity index (χ1n) is 5.69. The van der Waals surface area contributed by atoms with Crippen LogP contribution in [-0.2, 0) is 6.42 Å². The summed E-state index contributed by atoms with van der Waals surface area (Å²) in [7, 11) is 0. The smallest absolute Gasteiger partial charge is 0.279 e. The molecule has 6 heteroatoms. The molecule has 0 saturated heterocycles. The van der Waals surface area contributed by atoms with Crippen molar-refractivity contribution in [2.24, 2.45) is 0 Å². The molecule has 4 N–H and O–H groups in total. The molecule has 2 aromatic rings. The zero-order chi connectivity index (χ0) is 13.1. The Morgan fingerprint density at radius 1 is 1.56 bits per heavy atom. The van der Waals surface area contributed by atoms with E-state index in [0.717, 1.165) is 11.3 Å². The van der Waals surface area contributed by atoms with Gasteiger partial charge in [0.05, 0.1) is 11.4 Å². The zero-order valence-electron chi connectivity index (χ0n) is 10.3. The topological polar surface area (TPSA) is 96.7 Å². The molecule has 0 aliphatic carbocycles. The van der Waals surface area contributed by atoms with Crippen molar-refractivity contribution >= 4 is 17.4 Å². The number of nitrogens with two attached hydrogens (primary N) is 1. The van der Waals surface area contributed by atoms with Crippen molar-refractivity contribution in [3.63, 3.8) is 0 Å². The van der Waals surface area contributed by atoms with Gasteiger partial charge in [0.2, 0.25) is 0 Å². The van der Waals surface area contributed by atoms with Crippen molar-refractivity contribution in [1.29, 1.82) is 0 Å². The fourth-order valence-electron chi connectivity index (χ4n) is 1.61. The molecule has 1 amide bonds. The highest BCUT2D eigenvalue weighted by Gasteiger charge is 2.17. The Bertz CT molecular complexity index is 576. The number of anilines is 2. The fourth-order valence-corrected chi connectivity index (χ4v) is 1.61. The summed E-state index contributed by atoms with van der Waals surface area (Å²) in [5.41, 5.74) is 8.08. The summed E-state index contributed by atoms with van der Waals surface area (Å²) >= 11 is 0. The molecule has 0 aliphatic rings. The molecule has 18 heavy (non-hydrogen) atoms. The molecule has 0 aliphatic heterocycles. The van der Waals surface area contributed by atoms with Crippen LogP contribution in [0.15, 0.2) is 18.3 Å². The molecule has 0 fully saturated rings. The van der Waals surface area contributed by atoms with Crippen molar-refractivity contribution in [3.05, 3.63) is 35.3 Å². The highest BCUT2D eigenvalue weighted by molar-refractivity contribution is 6.06. The van der Waals surface area contributed by atoms with Crippen LogP contribution in [0.1, 0.15) is 28.7 Å². The first-order chi connectivity index (χ1) is 8.63. The van der Waals surface area contributed by atoms with Crippen LogP contribution in [0.4, 0.5) is 11.5 Å². The molecule has 0 aromatic carbocycles. The van der Waals surface area contributed by atoms with Gasteiger partial charge in [0, 0.05) is 6.20 Å². The highest BCUT2D eigenvalue weighted by atomic mass is 16.2. The number of aromatic amines is 1. The van der Waals surface area contributed by atoms with Crippen LogP contribution in [-0.4, -0.2) is 21.1 Å². The van der Waals surface area contributed by atoms with E-state index < -0.39 is 0 Å². The van der Waals surface area contributed by atoms with Gasteiger partial charge in [0.25, 0.3) is 5.91 Å². The molecule has 2 heterocycles. The van der Waals surface area contributed by atoms with Gasteiger partial charge >= 0.3 is 0 Å². The lowest BCUT2D eigenvalue weighted by Gasteiger charge is -2.05. The third kappa shape index (κ3) is 2.17. The second-order valence-corrected chi connectivity index (χ2v) is 3.94. The predicted molar refractivity (Wildman–Crippen MR) is 69.3 cm³/mol. The van der Waals surface area contributed by atoms with Crippen molar-refractivity contribution in [3.8, 4) is 0 Å². The minimum atomic E-state index is -0.356. The van der Waals surface area contributed by atoms with Gasteiger partial charge in [-0.05, 0) is 25.0 Å². The number of hydrogen-bond donors (Lipinski definition) is 3. The number of nitrogen functional groups attached to an aromatic ring is 1. The maximum atomic E-state index is 12.0. The quantitative estimate of drug-likeness (QED) is 0.763. The summed E-state index contributed by atoms with van der Waals surface area (Å²) in [6.45, 7) is 3.81. The average Bonchev–Trinajstić information content (AvgIpc) is 2.73. The number of amides is 1. The van der Waals surface area contributed by atoms with Crippen LogP contribution in [0.25, 0.3) is 0 Å². The lowest BCUT2D eigenvalue weighted by Crippen LogP contribution is -2.16. The summed E-state index contributed by atoms with van der Waals surface area (Å²) in [5.74, 6) is 0.160. The minimum absolute atomic E-state index is 0.205. The number of rotatable bonds is 3. The summed E-state index contributed by atoms with van der Waals surface area (Å²) in [4.78, 5) is 16.1. The maximum Gasteiger partial charge on any atom is 0.279 e. The average molecular weight is 245 g/mol. The van der Waals surface area contributed by atoms with Crippen LogP contribution >= 0.6 is 0 Å². The van der Waals surface area contributed by atoms with Crippen LogP contribution in [0.2, 0.25) is 0 Å². The molecular formula is C12H15N5O. The summed E-state index contributed by atoms with van der Waals surface area (Å²) < 4.78 is 0. The Morgan fingerprint density at radius 2 is 2.33 bits per heavy atom. The van der Waals surface area contributed by atoms with E-state index in [9.17, 15) is 4.79 Å². The van der Waals surface area contributed by atoms with Crippen molar-refractivity contribution in [1.82, 2.24) is 15.2 Å². The van der Waals surface area contributed by atoms with Gasteiger partial charge in [-0.3, -0.25) is 9.89 Å². The Morgan fingerprint density at radius 3 is 2.94 bits per heavy atom. The van der Waals surface area contributed by atoms with E-state index in [1.54, 1.807) is 6.20 Å². The minimum Gasteiger partial charge on any atom is -0.395 e. The van der Waals surface area contributed by atoms with E-state index >= 15 is 0 Å². The normalized spacial score (nSPS) is 10.3. The first-order valence-corrected chi connectivity index (χ1v) is 5.69. The molecular weight excluding hydrogens is 230 g/mol. The van der Waals surface area contributed by atoms with E-state index in [4.69, 9.17) is 5.73 Å². The SMILES string of the molecule is CCc1[nH]nc(C(=O)Nc2ncccc2C)c1N. The molecule has 0 unspecified atom stereocenters. The molecule has 0 saturated carbocycles. The summed E-state index contributed by atoms with van der Waals surface area (Å²) in [6.07, 6.45) is 2.32. The van der Waals surface area contributed by atoms with Crippen LogP contribution in [0, 0.1) is 6.92 Å². The summed E-state index contributed by atoms with van der Waals surface area (Å²) in [5, 5.41) is 9.36. The number of carbonyl (C=O) groups is 1. The number of aryl methyl sites for hydroxylation is 2. The standard InChI is InChI=1S/C12H15N5O/c1-3-8-9(13)10(17-16-8)12(18)15-11-7(2)5-4-6-14-11/h4-6H,3,13H2,1-2H3,(H,16,17)(H,14,15,18). The number of hydrogen-bond acceptors (Lipinski definition) is 4. The van der Waals surface area contributed by atoms with Gasteiger partial charge in [-0.2, -0.15) is 5.10 Å². The molecule has 2 aromatic heterocycles. The van der Waals surface area contributed by atoms with Crippen LogP contribution < -0.4 is 11.1 Å². The Balaban J connectivity index is 2.22. The highest BCUT2D eigenvalue weighted by Crippen LogP contribution is 2.17. The molecule has 0 atom stereocenters. The molecule has 0 radical (unpaired) electrons. The lowest BCUT2D eigenvalue weighted by molar-refractivity contribution is 0.102. The fraction of sp³-hybridized carbons (Fsp3) is 0.250. The second kappa shape index (κ2) is 4.87. The van der Waals surface area contributed by atoms with Crippen molar-refractivity contribution in [2.45, 2.75) is 20.3 Å². The zero-order valence-corrected chi connectivity index (χ0v) is 10.3. The van der Waals surface area contributed by atoms with E-state index in [-0.39, 0.29) is 11.6 Å². The second-order valence-electron chi connectivity index (χ2n) is 3.94. The van der Waals surface area contributed by atoms with Gasteiger partial charge in [-0.25, -0.2) is 4.98 Å². The molecule has 2 rings (SSSR count).